The fourth-order valence-corrected chi connectivity index (χ4v) is 3.88. The Hall–Kier alpha value is -1.36. The number of nitrogens with zero attached hydrogens (tertiary/aromatic N) is 1. The number of rotatable bonds is 9. The quantitative estimate of drug-likeness (QED) is 0.489. The van der Waals surface area contributed by atoms with E-state index >= 15 is 0 Å². The van der Waals surface area contributed by atoms with Gasteiger partial charge in [0.15, 0.2) is 0 Å². The summed E-state index contributed by atoms with van der Waals surface area (Å²) in [5, 5.41) is 6.10. The first kappa shape index (κ1) is 20.9. The molecule has 2 aliphatic rings. The van der Waals surface area contributed by atoms with E-state index in [9.17, 15) is 9.59 Å². The average molecular weight is 364 g/mol. The van der Waals surface area contributed by atoms with Crippen LogP contribution in [0.1, 0.15) is 71.6 Å². The van der Waals surface area contributed by atoms with Crippen molar-refractivity contribution in [2.75, 3.05) is 26.2 Å². The molecule has 2 rings (SSSR count). The number of likely N-dealkylation sites (tertiary alicyclic amines) is 1. The lowest BCUT2D eigenvalue weighted by atomic mass is 9.92. The zero-order valence-electron chi connectivity index (χ0n) is 16.7. The van der Waals surface area contributed by atoms with Crippen LogP contribution in [0.4, 0.5) is 0 Å². The highest BCUT2D eigenvalue weighted by Crippen LogP contribution is 2.22. The minimum absolute atomic E-state index is 0.0169. The Balaban J connectivity index is 1.70. The molecule has 5 heteroatoms. The largest absolute Gasteiger partial charge is 0.356 e. The predicted molar refractivity (Wildman–Crippen MR) is 106 cm³/mol. The zero-order valence-corrected chi connectivity index (χ0v) is 16.7. The van der Waals surface area contributed by atoms with Crippen molar-refractivity contribution in [3.8, 4) is 0 Å². The van der Waals surface area contributed by atoms with Crippen molar-refractivity contribution in [1.82, 2.24) is 15.5 Å². The van der Waals surface area contributed by atoms with Gasteiger partial charge in [0.05, 0.1) is 12.5 Å². The third-order valence-electron chi connectivity index (χ3n) is 5.71. The SMILES string of the molecule is CCCCNC(=O)C1CCC(C)N(CC(=O)NCCC2=CCCCC2)C1. The van der Waals surface area contributed by atoms with Crippen LogP contribution >= 0.6 is 0 Å². The van der Waals surface area contributed by atoms with Crippen LogP contribution in [0.3, 0.4) is 0 Å². The van der Waals surface area contributed by atoms with Gasteiger partial charge in [-0.15, -0.1) is 0 Å². The third-order valence-corrected chi connectivity index (χ3v) is 5.71. The van der Waals surface area contributed by atoms with Crippen LogP contribution in [0.2, 0.25) is 0 Å². The molecule has 0 aromatic carbocycles. The van der Waals surface area contributed by atoms with Gasteiger partial charge < -0.3 is 10.6 Å². The molecule has 5 nitrogen and oxygen atoms in total. The normalized spacial score (nSPS) is 24.0. The summed E-state index contributed by atoms with van der Waals surface area (Å²) in [6.45, 7) is 6.87. The van der Waals surface area contributed by atoms with E-state index in [0.717, 1.165) is 45.2 Å². The number of hydrogen-bond acceptors (Lipinski definition) is 3. The topological polar surface area (TPSA) is 61.4 Å². The summed E-state index contributed by atoms with van der Waals surface area (Å²) in [5.41, 5.74) is 1.49. The molecule has 1 saturated heterocycles. The molecule has 2 atom stereocenters. The zero-order chi connectivity index (χ0) is 18.8. The third kappa shape index (κ3) is 7.10. The van der Waals surface area contributed by atoms with E-state index < -0.39 is 0 Å². The van der Waals surface area contributed by atoms with Crippen molar-refractivity contribution in [1.29, 1.82) is 0 Å². The number of carbonyl (C=O) groups is 2. The molecule has 2 amide bonds. The minimum atomic E-state index is 0.0169. The smallest absolute Gasteiger partial charge is 0.234 e. The maximum Gasteiger partial charge on any atom is 0.234 e. The molecule has 2 N–H and O–H groups in total. The molecule has 0 aromatic heterocycles. The summed E-state index contributed by atoms with van der Waals surface area (Å²) < 4.78 is 0. The summed E-state index contributed by atoms with van der Waals surface area (Å²) in [4.78, 5) is 26.8. The number of carbonyl (C=O) groups excluding carboxylic acids is 2. The van der Waals surface area contributed by atoms with Gasteiger partial charge in [-0.25, -0.2) is 0 Å². The number of hydrogen-bond donors (Lipinski definition) is 2. The highest BCUT2D eigenvalue weighted by molar-refractivity contribution is 5.80. The predicted octanol–water partition coefficient (Wildman–Crippen LogP) is 3.01. The number of unbranched alkanes of at least 4 members (excludes halogenated alkanes) is 1. The lowest BCUT2D eigenvalue weighted by molar-refractivity contribution is -0.129. The summed E-state index contributed by atoms with van der Waals surface area (Å²) >= 11 is 0. The van der Waals surface area contributed by atoms with Gasteiger partial charge >= 0.3 is 0 Å². The number of nitrogens with one attached hydrogen (secondary N) is 2. The van der Waals surface area contributed by atoms with Gasteiger partial charge in [0, 0.05) is 25.7 Å². The molecule has 148 valence electrons. The van der Waals surface area contributed by atoms with E-state index in [1.165, 1.54) is 31.3 Å². The highest BCUT2D eigenvalue weighted by atomic mass is 16.2. The van der Waals surface area contributed by atoms with Crippen molar-refractivity contribution in [3.63, 3.8) is 0 Å². The second kappa shape index (κ2) is 11.4. The minimum Gasteiger partial charge on any atom is -0.356 e. The van der Waals surface area contributed by atoms with E-state index in [2.05, 4.69) is 35.5 Å². The van der Waals surface area contributed by atoms with Crippen molar-refractivity contribution in [3.05, 3.63) is 11.6 Å². The molecule has 1 fully saturated rings. The first-order valence-electron chi connectivity index (χ1n) is 10.6. The van der Waals surface area contributed by atoms with Crippen molar-refractivity contribution < 1.29 is 9.59 Å². The Morgan fingerprint density at radius 1 is 1.19 bits per heavy atom. The van der Waals surface area contributed by atoms with E-state index in [1.54, 1.807) is 0 Å². The van der Waals surface area contributed by atoms with Gasteiger partial charge in [0.2, 0.25) is 11.8 Å². The number of piperidine rings is 1. The fraction of sp³-hybridized carbons (Fsp3) is 0.810. The van der Waals surface area contributed by atoms with Gasteiger partial charge in [-0.2, -0.15) is 0 Å². The Labute approximate surface area is 159 Å². The Morgan fingerprint density at radius 2 is 2.04 bits per heavy atom. The summed E-state index contributed by atoms with van der Waals surface area (Å²) in [7, 11) is 0. The molecule has 0 aromatic rings. The molecule has 0 spiro atoms. The van der Waals surface area contributed by atoms with Gasteiger partial charge in [-0.1, -0.05) is 25.0 Å². The monoisotopic (exact) mass is 363 g/mol. The van der Waals surface area contributed by atoms with Gasteiger partial charge in [-0.3, -0.25) is 14.5 Å². The highest BCUT2D eigenvalue weighted by Gasteiger charge is 2.30. The number of amides is 2. The van der Waals surface area contributed by atoms with Crippen molar-refractivity contribution in [2.45, 2.75) is 77.7 Å². The second-order valence-electron chi connectivity index (χ2n) is 7.91. The van der Waals surface area contributed by atoms with Crippen LogP contribution < -0.4 is 10.6 Å². The molecular formula is C21H37N3O2. The number of allylic oxidation sites excluding steroid dienone is 1. The maximum atomic E-state index is 12.3. The van der Waals surface area contributed by atoms with Crippen LogP contribution in [-0.2, 0) is 9.59 Å². The Bertz CT molecular complexity index is 490. The average Bonchev–Trinajstić information content (AvgIpc) is 2.64. The molecule has 26 heavy (non-hydrogen) atoms. The Morgan fingerprint density at radius 3 is 2.77 bits per heavy atom. The first-order chi connectivity index (χ1) is 12.6. The molecule has 1 aliphatic heterocycles. The maximum absolute atomic E-state index is 12.3. The van der Waals surface area contributed by atoms with Crippen LogP contribution in [0, 0.1) is 5.92 Å². The van der Waals surface area contributed by atoms with E-state index in [0.29, 0.717) is 19.1 Å². The summed E-state index contributed by atoms with van der Waals surface area (Å²) in [6, 6.07) is 0.362. The van der Waals surface area contributed by atoms with E-state index in [4.69, 9.17) is 0 Å². The van der Waals surface area contributed by atoms with Gasteiger partial charge in [-0.05, 0) is 58.3 Å². The van der Waals surface area contributed by atoms with Crippen LogP contribution in [0.5, 0.6) is 0 Å². The fourth-order valence-electron chi connectivity index (χ4n) is 3.88. The van der Waals surface area contributed by atoms with E-state index in [1.807, 2.05) is 0 Å². The van der Waals surface area contributed by atoms with Gasteiger partial charge in [0.1, 0.15) is 0 Å². The molecule has 1 heterocycles. The molecule has 0 radical (unpaired) electrons. The van der Waals surface area contributed by atoms with Gasteiger partial charge in [0.25, 0.3) is 0 Å². The summed E-state index contributed by atoms with van der Waals surface area (Å²) in [5.74, 6) is 0.253. The molecule has 1 aliphatic carbocycles. The molecule has 2 unspecified atom stereocenters. The van der Waals surface area contributed by atoms with E-state index in [-0.39, 0.29) is 17.7 Å². The molecular weight excluding hydrogens is 326 g/mol. The molecule has 0 bridgehead atoms. The second-order valence-corrected chi connectivity index (χ2v) is 7.91. The van der Waals surface area contributed by atoms with Crippen molar-refractivity contribution >= 4 is 11.8 Å². The van der Waals surface area contributed by atoms with Crippen molar-refractivity contribution in [2.24, 2.45) is 5.92 Å². The van der Waals surface area contributed by atoms with Crippen LogP contribution in [0.25, 0.3) is 0 Å². The first-order valence-corrected chi connectivity index (χ1v) is 10.6. The van der Waals surface area contributed by atoms with Crippen LogP contribution in [0.15, 0.2) is 11.6 Å². The lowest BCUT2D eigenvalue weighted by Gasteiger charge is -2.36. The lowest BCUT2D eigenvalue weighted by Crippen LogP contribution is -2.50. The summed E-state index contributed by atoms with van der Waals surface area (Å²) in [6.07, 6.45) is 12.3. The standard InChI is InChI=1S/C21H37N3O2/c1-3-4-13-23-21(26)19-11-10-17(2)24(15-19)16-20(25)22-14-12-18-8-6-5-7-9-18/h8,17,19H,3-7,9-16H2,1-2H3,(H,22,25)(H,23,26). The molecule has 0 saturated carbocycles. The van der Waals surface area contributed by atoms with Crippen LogP contribution in [-0.4, -0.2) is 48.9 Å². The Kier molecular flexibility index (Phi) is 9.16.